The number of hydrogen-bond donors (Lipinski definition) is 2. The second kappa shape index (κ2) is 25.2. The molecule has 1 saturated carbocycles. The van der Waals surface area contributed by atoms with E-state index in [2.05, 4.69) is 6.92 Å². The van der Waals surface area contributed by atoms with Crippen LogP contribution in [0.25, 0.3) is 0 Å². The van der Waals surface area contributed by atoms with Crippen LogP contribution in [0.2, 0.25) is 0 Å². The Labute approximate surface area is 388 Å². The van der Waals surface area contributed by atoms with Crippen molar-refractivity contribution in [1.82, 2.24) is 4.90 Å². The van der Waals surface area contributed by atoms with Crippen LogP contribution in [0.15, 0.2) is 47.6 Å². The van der Waals surface area contributed by atoms with E-state index in [0.717, 1.165) is 24.8 Å². The highest BCUT2D eigenvalue weighted by atomic mass is 16.6. The van der Waals surface area contributed by atoms with E-state index in [9.17, 15) is 34.2 Å². The first-order valence-corrected chi connectivity index (χ1v) is 24.2. The van der Waals surface area contributed by atoms with Crippen LogP contribution >= 0.6 is 0 Å². The van der Waals surface area contributed by atoms with Crippen LogP contribution in [-0.2, 0) is 47.7 Å². The lowest BCUT2D eigenvalue weighted by molar-refractivity contribution is -0.265. The van der Waals surface area contributed by atoms with E-state index in [0.29, 0.717) is 56.4 Å². The molecular weight excluding hydrogens is 831 g/mol. The molecule has 2 saturated heterocycles. The van der Waals surface area contributed by atoms with Gasteiger partial charge in [-0.25, -0.2) is 4.79 Å². The van der Waals surface area contributed by atoms with Crippen molar-refractivity contribution in [1.29, 1.82) is 0 Å². The first-order chi connectivity index (χ1) is 30.7. The molecule has 13 nitrogen and oxygen atoms in total. The van der Waals surface area contributed by atoms with Crippen LogP contribution < -0.4 is 0 Å². The number of piperidine rings is 1. The third kappa shape index (κ3) is 14.3. The van der Waals surface area contributed by atoms with Crippen molar-refractivity contribution in [2.24, 2.45) is 41.4 Å². The molecule has 4 aliphatic rings. The summed E-state index contributed by atoms with van der Waals surface area (Å²) in [5.74, 6) is -7.07. The number of nitrogens with zero attached hydrogens (tertiary/aromatic N) is 1. The lowest BCUT2D eigenvalue weighted by Gasteiger charge is -2.42. The number of carbonyl (C=O) groups is 5. The molecule has 0 aromatic rings. The Morgan fingerprint density at radius 2 is 1.57 bits per heavy atom. The molecule has 2 N–H and O–H groups in total. The largest absolute Gasteiger partial charge is 0.460 e. The number of ketones is 3. The molecule has 0 radical (unpaired) electrons. The summed E-state index contributed by atoms with van der Waals surface area (Å²) in [5, 5.41) is 23.4. The summed E-state index contributed by atoms with van der Waals surface area (Å²) in [6, 6.07) is -1.11. The van der Waals surface area contributed by atoms with Gasteiger partial charge in [0.05, 0.1) is 18.3 Å². The van der Waals surface area contributed by atoms with Crippen LogP contribution in [-0.4, -0.2) is 121 Å². The molecule has 1 amide bonds. The molecule has 0 aromatic heterocycles. The van der Waals surface area contributed by atoms with E-state index in [4.69, 9.17) is 23.7 Å². The number of ether oxygens (including phenoxy) is 5. The van der Waals surface area contributed by atoms with Gasteiger partial charge in [-0.2, -0.15) is 0 Å². The number of hydrogen-bond acceptors (Lipinski definition) is 12. The predicted octanol–water partition coefficient (Wildman–Crippen LogP) is 7.46. The molecule has 0 aromatic carbocycles. The fourth-order valence-corrected chi connectivity index (χ4v) is 10.4. The second-order valence-electron chi connectivity index (χ2n) is 20.0. The van der Waals surface area contributed by atoms with E-state index < -0.39 is 77.8 Å². The van der Waals surface area contributed by atoms with Crippen molar-refractivity contribution in [3.63, 3.8) is 0 Å². The van der Waals surface area contributed by atoms with Crippen molar-refractivity contribution < 1.29 is 57.9 Å². The Kier molecular flexibility index (Phi) is 21.0. The molecule has 3 aliphatic heterocycles. The van der Waals surface area contributed by atoms with Crippen molar-refractivity contribution in [2.75, 3.05) is 27.9 Å². The quantitative estimate of drug-likeness (QED) is 0.153. The maximum Gasteiger partial charge on any atom is 0.329 e. The van der Waals surface area contributed by atoms with Crippen molar-refractivity contribution in [3.05, 3.63) is 47.6 Å². The summed E-state index contributed by atoms with van der Waals surface area (Å²) in [4.78, 5) is 71.9. The molecule has 2 bridgehead atoms. The normalized spacial score (nSPS) is 40.4. The number of carbonyl (C=O) groups excluding carboxylic acids is 5. The van der Waals surface area contributed by atoms with Gasteiger partial charge in [-0.05, 0) is 113 Å². The van der Waals surface area contributed by atoms with Crippen LogP contribution in [0.4, 0.5) is 0 Å². The molecule has 65 heavy (non-hydrogen) atoms. The van der Waals surface area contributed by atoms with E-state index in [1.807, 2.05) is 58.1 Å². The van der Waals surface area contributed by atoms with E-state index in [1.54, 1.807) is 41.1 Å². The molecule has 3 heterocycles. The molecule has 3 unspecified atom stereocenters. The lowest BCUT2D eigenvalue weighted by atomic mass is 9.76. The van der Waals surface area contributed by atoms with Crippen LogP contribution in [0, 0.1) is 41.4 Å². The Morgan fingerprint density at radius 1 is 0.846 bits per heavy atom. The first-order valence-electron chi connectivity index (χ1n) is 24.2. The number of rotatable bonds is 6. The number of allylic oxidation sites excluding steroid dienone is 6. The second-order valence-corrected chi connectivity index (χ2v) is 20.0. The maximum absolute atomic E-state index is 14.4. The van der Waals surface area contributed by atoms with Gasteiger partial charge < -0.3 is 38.8 Å². The highest BCUT2D eigenvalue weighted by molar-refractivity contribution is 6.39. The topological polar surface area (TPSA) is 175 Å². The molecule has 13 heteroatoms. The van der Waals surface area contributed by atoms with Crippen LogP contribution in [0.5, 0.6) is 0 Å². The molecule has 15 atom stereocenters. The highest BCUT2D eigenvalue weighted by Gasteiger charge is 2.53. The first kappa shape index (κ1) is 54.3. The summed E-state index contributed by atoms with van der Waals surface area (Å²) in [7, 11) is 4.70. The third-order valence-electron chi connectivity index (χ3n) is 14.8. The van der Waals surface area contributed by atoms with Gasteiger partial charge in [0, 0.05) is 58.5 Å². The van der Waals surface area contributed by atoms with Gasteiger partial charge in [0.1, 0.15) is 30.1 Å². The van der Waals surface area contributed by atoms with E-state index in [1.165, 1.54) is 12.0 Å². The number of aliphatic hydroxyl groups excluding tert-OH is 1. The average Bonchev–Trinajstić information content (AvgIpc) is 3.28. The summed E-state index contributed by atoms with van der Waals surface area (Å²) in [6.45, 7) is 15.1. The molecule has 3 fully saturated rings. The zero-order valence-corrected chi connectivity index (χ0v) is 41.2. The smallest absolute Gasteiger partial charge is 0.329 e. The van der Waals surface area contributed by atoms with Gasteiger partial charge in [0.2, 0.25) is 5.79 Å². The molecule has 366 valence electrons. The minimum atomic E-state index is -2.41. The number of esters is 1. The fourth-order valence-electron chi connectivity index (χ4n) is 10.4. The lowest BCUT2D eigenvalue weighted by Crippen LogP contribution is -2.61. The number of cyclic esters (lactones) is 1. The Morgan fingerprint density at radius 3 is 2.25 bits per heavy atom. The minimum Gasteiger partial charge on any atom is -0.460 e. The van der Waals surface area contributed by atoms with Crippen molar-refractivity contribution >= 4 is 29.2 Å². The third-order valence-corrected chi connectivity index (χ3v) is 14.8. The summed E-state index contributed by atoms with van der Waals surface area (Å²) in [5.41, 5.74) is 1.30. The fraction of sp³-hybridized carbons (Fsp3) is 0.750. The number of amides is 1. The SMILES string of the molecule is COC1C[C@H](C[C@@H](C)[C@@H]2CC(=O)[C@H](C)/C=C(\C)[C@@H](O)C(OC)C(=O)C(C)C[C@H](C)/C=C/C=C/C=C(\C)[C@@H](OC)C[C@@H]3CC[C@@H](C)[C@@](O)(O3)C(=O)C(=O)N3CCCC[C@H]3C(=O)O2)CC[C@H]1C. The van der Waals surface area contributed by atoms with E-state index >= 15 is 0 Å². The van der Waals surface area contributed by atoms with E-state index in [-0.39, 0.29) is 54.8 Å². The standard InChI is InChI=1S/C52H81NO12/c1-31-17-13-12-14-18-32(2)44(62-10)29-40-23-21-38(8)52(60,65-40)49(57)50(58)53-24-16-15-19-41(53)51(59)64-45(35(5)27-39-22-20-33(3)43(28-39)61-9)30-42(54)34(4)26-37(7)47(56)48(63-11)46(55)36(6)25-31/h12-14,17-18,26,31,33-36,38-41,43-45,47-48,56,60H,15-16,19-25,27-30H2,1-11H3/b14-12+,17-13+,32-18+,37-26+/t31-,33-,34-,35-,36?,38-,39+,40+,41+,43?,44+,45+,47-,48?,52-/m1/s1. The maximum atomic E-state index is 14.4. The molecule has 4 rings (SSSR count). The Balaban J connectivity index is 1.70. The van der Waals surface area contributed by atoms with Gasteiger partial charge in [0.15, 0.2) is 5.78 Å². The highest BCUT2D eigenvalue weighted by Crippen LogP contribution is 2.38. The number of aliphatic hydroxyl groups is 2. The van der Waals surface area contributed by atoms with Crippen molar-refractivity contribution in [2.45, 2.75) is 181 Å². The van der Waals surface area contributed by atoms with Gasteiger partial charge >= 0.3 is 5.97 Å². The van der Waals surface area contributed by atoms with Gasteiger partial charge in [-0.1, -0.05) is 78.0 Å². The summed E-state index contributed by atoms with van der Waals surface area (Å²) >= 11 is 0. The van der Waals surface area contributed by atoms with Crippen LogP contribution in [0.1, 0.15) is 132 Å². The van der Waals surface area contributed by atoms with Gasteiger partial charge in [-0.15, -0.1) is 0 Å². The monoisotopic (exact) mass is 912 g/mol. The Bertz CT molecular complexity index is 1750. The van der Waals surface area contributed by atoms with Crippen molar-refractivity contribution in [3.8, 4) is 0 Å². The summed E-state index contributed by atoms with van der Waals surface area (Å²) < 4.78 is 29.7. The summed E-state index contributed by atoms with van der Waals surface area (Å²) in [6.07, 6.45) is 13.6. The van der Waals surface area contributed by atoms with Crippen LogP contribution in [0.3, 0.4) is 0 Å². The number of fused-ring (bicyclic) bond motifs is 3. The zero-order chi connectivity index (χ0) is 48.2. The minimum absolute atomic E-state index is 0.0304. The number of Topliss-reactive ketones (excluding diaryl/α,β-unsaturated/α-hetero) is 3. The average molecular weight is 912 g/mol. The molecule has 0 spiro atoms. The number of methoxy groups -OCH3 is 3. The van der Waals surface area contributed by atoms with Gasteiger partial charge in [-0.3, -0.25) is 19.2 Å². The molecule has 1 aliphatic carbocycles. The van der Waals surface area contributed by atoms with Gasteiger partial charge in [0.25, 0.3) is 11.7 Å². The molecular formula is C52H81NO12. The predicted molar refractivity (Wildman–Crippen MR) is 248 cm³/mol. The Hall–Kier alpha value is -3.33. The zero-order valence-electron chi connectivity index (χ0n) is 41.2.